The summed E-state index contributed by atoms with van der Waals surface area (Å²) in [5.74, 6) is 0.571. The van der Waals surface area contributed by atoms with Crippen LogP contribution < -0.4 is 19.6 Å². The highest BCUT2D eigenvalue weighted by atomic mass is 19.1. The second kappa shape index (κ2) is 10.3. The number of benzene rings is 2. The Hall–Kier alpha value is -3.09. The Bertz CT molecular complexity index is 808. The molecule has 2 aromatic carbocycles. The van der Waals surface area contributed by atoms with Gasteiger partial charge in [-0.15, -0.1) is 0 Å². The lowest BCUT2D eigenvalue weighted by molar-refractivity contribution is 0.0953. The van der Waals surface area contributed by atoms with E-state index in [0.29, 0.717) is 53.9 Å². The smallest absolute Gasteiger partial charge is 0.271 e. The van der Waals surface area contributed by atoms with Gasteiger partial charge in [0, 0.05) is 5.56 Å². The number of nitrogens with one attached hydrogen (secondary N) is 1. The van der Waals surface area contributed by atoms with E-state index >= 15 is 0 Å². The largest absolute Gasteiger partial charge is 0.490 e. The molecule has 6 nitrogen and oxygen atoms in total. The summed E-state index contributed by atoms with van der Waals surface area (Å²) >= 11 is 0. The zero-order valence-electron chi connectivity index (χ0n) is 16.5. The Morgan fingerprint density at radius 3 is 1.96 bits per heavy atom. The van der Waals surface area contributed by atoms with Gasteiger partial charge in [-0.05, 0) is 57.5 Å². The first-order valence-electron chi connectivity index (χ1n) is 9.17. The van der Waals surface area contributed by atoms with Gasteiger partial charge >= 0.3 is 0 Å². The number of amides is 1. The number of ether oxygens (including phenoxy) is 3. The maximum absolute atomic E-state index is 13.0. The molecule has 0 saturated carbocycles. The van der Waals surface area contributed by atoms with E-state index in [1.807, 2.05) is 20.8 Å². The van der Waals surface area contributed by atoms with Gasteiger partial charge in [-0.1, -0.05) is 12.1 Å². The molecule has 0 bridgehead atoms. The normalized spacial score (nSPS) is 11.1. The van der Waals surface area contributed by atoms with Gasteiger partial charge in [0.25, 0.3) is 5.91 Å². The van der Waals surface area contributed by atoms with Crippen molar-refractivity contribution < 1.29 is 23.4 Å². The van der Waals surface area contributed by atoms with E-state index in [1.165, 1.54) is 12.1 Å². The van der Waals surface area contributed by atoms with Gasteiger partial charge < -0.3 is 14.2 Å². The fraction of sp³-hybridized carbons (Fsp3) is 0.333. The lowest BCUT2D eigenvalue weighted by Gasteiger charge is -2.16. The number of hydrogen-bond donors (Lipinski definition) is 1. The summed E-state index contributed by atoms with van der Waals surface area (Å²) in [6.45, 7) is 8.55. The van der Waals surface area contributed by atoms with Crippen molar-refractivity contribution in [2.75, 3.05) is 19.8 Å². The molecule has 0 spiro atoms. The molecule has 0 aliphatic rings. The molecule has 2 rings (SSSR count). The predicted molar refractivity (Wildman–Crippen MR) is 106 cm³/mol. The van der Waals surface area contributed by atoms with Crippen molar-refractivity contribution >= 4 is 11.6 Å². The van der Waals surface area contributed by atoms with Crippen LogP contribution in [0.3, 0.4) is 0 Å². The first kappa shape index (κ1) is 21.2. The van der Waals surface area contributed by atoms with E-state index in [2.05, 4.69) is 10.5 Å². The van der Waals surface area contributed by atoms with Crippen molar-refractivity contribution in [2.24, 2.45) is 5.10 Å². The summed E-state index contributed by atoms with van der Waals surface area (Å²) in [5.41, 5.74) is 4.09. The monoisotopic (exact) mass is 388 g/mol. The Labute approximate surface area is 164 Å². The molecule has 0 aliphatic carbocycles. The highest BCUT2D eigenvalue weighted by Gasteiger charge is 2.18. The average molecular weight is 388 g/mol. The van der Waals surface area contributed by atoms with Crippen LogP contribution in [0.15, 0.2) is 41.5 Å². The Morgan fingerprint density at radius 1 is 0.929 bits per heavy atom. The molecule has 0 aliphatic heterocycles. The molecule has 0 aromatic heterocycles. The van der Waals surface area contributed by atoms with Gasteiger partial charge in [-0.2, -0.15) is 5.10 Å². The predicted octanol–water partition coefficient (Wildman–Crippen LogP) is 4.18. The average Bonchev–Trinajstić information content (AvgIpc) is 2.69. The maximum atomic E-state index is 13.0. The van der Waals surface area contributed by atoms with Crippen molar-refractivity contribution in [3.63, 3.8) is 0 Å². The molecule has 0 unspecified atom stereocenters. The number of rotatable bonds is 9. The summed E-state index contributed by atoms with van der Waals surface area (Å²) in [7, 11) is 0. The van der Waals surface area contributed by atoms with Crippen molar-refractivity contribution in [1.29, 1.82) is 0 Å². The zero-order valence-corrected chi connectivity index (χ0v) is 16.5. The number of hydrogen-bond acceptors (Lipinski definition) is 5. The van der Waals surface area contributed by atoms with Gasteiger partial charge in [0.15, 0.2) is 11.5 Å². The number of carbonyl (C=O) groups excluding carboxylic acids is 1. The van der Waals surface area contributed by atoms with Crippen LogP contribution in [0.2, 0.25) is 0 Å². The number of nitrogens with zero attached hydrogens (tertiary/aromatic N) is 1. The third-order valence-electron chi connectivity index (χ3n) is 3.76. The van der Waals surface area contributed by atoms with E-state index < -0.39 is 5.91 Å². The standard InChI is InChI=1S/C21H25FN2O4/c1-5-26-18-12-16(13-19(27-6-2)20(18)28-7-3)21(25)24-23-14(4)15-8-10-17(22)11-9-15/h8-13H,5-7H2,1-4H3,(H,24,25). The zero-order chi connectivity index (χ0) is 20.5. The van der Waals surface area contributed by atoms with Crippen LogP contribution in [-0.4, -0.2) is 31.4 Å². The van der Waals surface area contributed by atoms with Crippen molar-refractivity contribution in [2.45, 2.75) is 27.7 Å². The SMILES string of the molecule is CCOc1cc(C(=O)NN=C(C)c2ccc(F)cc2)cc(OCC)c1OCC. The van der Waals surface area contributed by atoms with Gasteiger partial charge in [-0.3, -0.25) is 4.79 Å². The van der Waals surface area contributed by atoms with Crippen molar-refractivity contribution in [1.82, 2.24) is 5.43 Å². The summed E-state index contributed by atoms with van der Waals surface area (Å²) in [5, 5.41) is 4.09. The second-order valence-corrected chi connectivity index (χ2v) is 5.75. The first-order chi connectivity index (χ1) is 13.5. The van der Waals surface area contributed by atoms with Gasteiger partial charge in [0.05, 0.1) is 25.5 Å². The molecule has 150 valence electrons. The van der Waals surface area contributed by atoms with Crippen LogP contribution in [0.5, 0.6) is 17.2 Å². The molecule has 0 fully saturated rings. The van der Waals surface area contributed by atoms with Crippen LogP contribution >= 0.6 is 0 Å². The van der Waals surface area contributed by atoms with Crippen LogP contribution in [0.25, 0.3) is 0 Å². The van der Waals surface area contributed by atoms with Gasteiger partial charge in [0.2, 0.25) is 5.75 Å². The number of hydrazone groups is 1. The van der Waals surface area contributed by atoms with E-state index in [1.54, 1.807) is 31.2 Å². The topological polar surface area (TPSA) is 69.2 Å². The molecule has 28 heavy (non-hydrogen) atoms. The van der Waals surface area contributed by atoms with Crippen molar-refractivity contribution in [3.8, 4) is 17.2 Å². The van der Waals surface area contributed by atoms with Crippen LogP contribution in [-0.2, 0) is 0 Å². The molecular weight excluding hydrogens is 363 g/mol. The van der Waals surface area contributed by atoms with Crippen LogP contribution in [0.4, 0.5) is 4.39 Å². The molecule has 0 radical (unpaired) electrons. The fourth-order valence-corrected chi connectivity index (χ4v) is 2.47. The Morgan fingerprint density at radius 2 is 1.46 bits per heavy atom. The van der Waals surface area contributed by atoms with Crippen molar-refractivity contribution in [3.05, 3.63) is 53.3 Å². The molecule has 0 heterocycles. The van der Waals surface area contributed by atoms with Gasteiger partial charge in [-0.25, -0.2) is 9.82 Å². The van der Waals surface area contributed by atoms with Crippen LogP contribution in [0.1, 0.15) is 43.6 Å². The molecule has 1 amide bonds. The highest BCUT2D eigenvalue weighted by molar-refractivity contribution is 6.01. The quantitative estimate of drug-likeness (QED) is 0.517. The second-order valence-electron chi connectivity index (χ2n) is 5.75. The lowest BCUT2D eigenvalue weighted by Crippen LogP contribution is -2.20. The molecule has 1 N–H and O–H groups in total. The third kappa shape index (κ3) is 5.45. The first-order valence-corrected chi connectivity index (χ1v) is 9.17. The van der Waals surface area contributed by atoms with E-state index in [-0.39, 0.29) is 5.82 Å². The Balaban J connectivity index is 2.28. The summed E-state index contributed by atoms with van der Waals surface area (Å²) in [4.78, 5) is 12.6. The number of carbonyl (C=O) groups is 1. The molecular formula is C21H25FN2O4. The third-order valence-corrected chi connectivity index (χ3v) is 3.76. The minimum absolute atomic E-state index is 0.325. The van der Waals surface area contributed by atoms with E-state index in [0.717, 1.165) is 0 Å². The summed E-state index contributed by atoms with van der Waals surface area (Å²) < 4.78 is 29.9. The van der Waals surface area contributed by atoms with E-state index in [4.69, 9.17) is 14.2 Å². The van der Waals surface area contributed by atoms with Gasteiger partial charge in [0.1, 0.15) is 5.82 Å². The summed E-state index contributed by atoms with van der Waals surface area (Å²) in [6, 6.07) is 9.05. The molecule has 0 saturated heterocycles. The highest BCUT2D eigenvalue weighted by Crippen LogP contribution is 2.39. The van der Waals surface area contributed by atoms with E-state index in [9.17, 15) is 9.18 Å². The molecule has 7 heteroatoms. The lowest BCUT2D eigenvalue weighted by atomic mass is 10.1. The number of halogens is 1. The van der Waals surface area contributed by atoms with Crippen LogP contribution in [0, 0.1) is 5.82 Å². The fourth-order valence-electron chi connectivity index (χ4n) is 2.47. The maximum Gasteiger partial charge on any atom is 0.271 e. The minimum atomic E-state index is -0.425. The molecule has 0 atom stereocenters. The minimum Gasteiger partial charge on any atom is -0.490 e. The summed E-state index contributed by atoms with van der Waals surface area (Å²) in [6.07, 6.45) is 0. The Kier molecular flexibility index (Phi) is 7.80. The molecule has 2 aromatic rings.